The summed E-state index contributed by atoms with van der Waals surface area (Å²) in [5, 5.41) is 0. The molecule has 0 aromatic heterocycles. The molecule has 0 amide bonds. The first-order valence-corrected chi connectivity index (χ1v) is 10.7. The third kappa shape index (κ3) is 3.49. The van der Waals surface area contributed by atoms with Gasteiger partial charge in [-0.15, -0.1) is 0 Å². The number of benzene rings is 1. The van der Waals surface area contributed by atoms with Crippen LogP contribution < -0.4 is 4.72 Å². The Morgan fingerprint density at radius 1 is 1.16 bits per heavy atom. The fraction of sp³-hybridized carbons (Fsp3) is 0.684. The van der Waals surface area contributed by atoms with Crippen LogP contribution in [0.25, 0.3) is 0 Å². The summed E-state index contributed by atoms with van der Waals surface area (Å²) in [7, 11) is -3.62. The van der Waals surface area contributed by atoms with Crippen molar-refractivity contribution < 1.29 is 17.5 Å². The van der Waals surface area contributed by atoms with Crippen molar-refractivity contribution in [3.05, 3.63) is 29.6 Å². The first-order valence-electron chi connectivity index (χ1n) is 9.25. The van der Waals surface area contributed by atoms with E-state index in [9.17, 15) is 12.8 Å². The van der Waals surface area contributed by atoms with Gasteiger partial charge in [0.1, 0.15) is 5.82 Å². The number of hydrogen-bond acceptors (Lipinski definition) is 3. The molecule has 4 aliphatic carbocycles. The first-order chi connectivity index (χ1) is 11.9. The molecule has 0 spiro atoms. The van der Waals surface area contributed by atoms with Gasteiger partial charge in [-0.3, -0.25) is 0 Å². The average Bonchev–Trinajstić information content (AvgIpc) is 2.53. The van der Waals surface area contributed by atoms with E-state index in [0.29, 0.717) is 12.2 Å². The van der Waals surface area contributed by atoms with Gasteiger partial charge < -0.3 is 4.74 Å². The van der Waals surface area contributed by atoms with Gasteiger partial charge in [0.15, 0.2) is 0 Å². The molecule has 0 heterocycles. The van der Waals surface area contributed by atoms with Gasteiger partial charge in [-0.25, -0.2) is 17.5 Å². The van der Waals surface area contributed by atoms with Crippen LogP contribution >= 0.6 is 0 Å². The number of hydrogen-bond donors (Lipinski definition) is 1. The fourth-order valence-corrected chi connectivity index (χ4v) is 6.62. The standard InChI is InChI=1S/C19H26FNO3S/c1-13-6-17(2-3-18(13)20)25(22,23)21-4-5-24-19-10-14-7-15(11-19)9-16(8-14)12-19/h2-3,6,14-16,21H,4-5,7-12H2,1H3. The molecule has 5 rings (SSSR count). The van der Waals surface area contributed by atoms with Crippen molar-refractivity contribution in [3.8, 4) is 0 Å². The molecule has 4 fully saturated rings. The lowest BCUT2D eigenvalue weighted by Crippen LogP contribution is -2.52. The smallest absolute Gasteiger partial charge is 0.240 e. The molecule has 1 N–H and O–H groups in total. The van der Waals surface area contributed by atoms with Gasteiger partial charge in [0.25, 0.3) is 0 Å². The van der Waals surface area contributed by atoms with E-state index in [-0.39, 0.29) is 17.0 Å². The van der Waals surface area contributed by atoms with Crippen LogP contribution in [0.3, 0.4) is 0 Å². The van der Waals surface area contributed by atoms with Crippen molar-refractivity contribution in [3.63, 3.8) is 0 Å². The lowest BCUT2D eigenvalue weighted by molar-refractivity contribution is -0.160. The van der Waals surface area contributed by atoms with Crippen molar-refractivity contribution in [1.82, 2.24) is 4.72 Å². The second-order valence-electron chi connectivity index (χ2n) is 8.26. The maximum atomic E-state index is 13.3. The van der Waals surface area contributed by atoms with Crippen LogP contribution in [-0.4, -0.2) is 27.2 Å². The Bertz CT molecular complexity index is 727. The number of ether oxygens (including phenoxy) is 1. The molecule has 1 aromatic rings. The summed E-state index contributed by atoms with van der Waals surface area (Å²) in [5.74, 6) is 2.03. The van der Waals surface area contributed by atoms with Crippen molar-refractivity contribution >= 4 is 10.0 Å². The molecule has 1 aromatic carbocycles. The van der Waals surface area contributed by atoms with Crippen LogP contribution in [-0.2, 0) is 14.8 Å². The molecular formula is C19H26FNO3S. The molecule has 0 unspecified atom stereocenters. The summed E-state index contributed by atoms with van der Waals surface area (Å²) in [5.41, 5.74) is 0.319. The summed E-state index contributed by atoms with van der Waals surface area (Å²) < 4.78 is 46.8. The molecule has 25 heavy (non-hydrogen) atoms. The predicted octanol–water partition coefficient (Wildman–Crippen LogP) is 3.40. The van der Waals surface area contributed by atoms with Crippen molar-refractivity contribution in [2.75, 3.05) is 13.2 Å². The third-order valence-corrected chi connectivity index (χ3v) is 7.68. The predicted molar refractivity (Wildman–Crippen MR) is 93.2 cm³/mol. The molecule has 0 aliphatic heterocycles. The monoisotopic (exact) mass is 367 g/mol. The SMILES string of the molecule is Cc1cc(S(=O)(=O)NCCOC23CC4CC(CC(C4)C2)C3)ccc1F. The van der Waals surface area contributed by atoms with Crippen molar-refractivity contribution in [1.29, 1.82) is 0 Å². The summed E-state index contributed by atoms with van der Waals surface area (Å²) >= 11 is 0. The van der Waals surface area contributed by atoms with Crippen LogP contribution in [0.5, 0.6) is 0 Å². The van der Waals surface area contributed by atoms with Crippen LogP contribution in [0.1, 0.15) is 44.1 Å². The van der Waals surface area contributed by atoms with E-state index >= 15 is 0 Å². The molecule has 138 valence electrons. The van der Waals surface area contributed by atoms with E-state index in [2.05, 4.69) is 4.72 Å². The zero-order valence-electron chi connectivity index (χ0n) is 14.6. The zero-order chi connectivity index (χ0) is 17.7. The highest BCUT2D eigenvalue weighted by molar-refractivity contribution is 7.89. The van der Waals surface area contributed by atoms with Gasteiger partial charge in [0, 0.05) is 6.54 Å². The van der Waals surface area contributed by atoms with Gasteiger partial charge >= 0.3 is 0 Å². The second kappa shape index (κ2) is 6.32. The minimum Gasteiger partial charge on any atom is -0.374 e. The van der Waals surface area contributed by atoms with Crippen LogP contribution in [0.4, 0.5) is 4.39 Å². The minimum atomic E-state index is -3.62. The molecule has 6 heteroatoms. The number of rotatable bonds is 6. The van der Waals surface area contributed by atoms with Crippen molar-refractivity contribution in [2.24, 2.45) is 17.8 Å². The maximum absolute atomic E-state index is 13.3. The van der Waals surface area contributed by atoms with Gasteiger partial charge in [-0.2, -0.15) is 0 Å². The van der Waals surface area contributed by atoms with E-state index in [0.717, 1.165) is 37.0 Å². The molecule has 4 bridgehead atoms. The fourth-order valence-electron chi connectivity index (χ4n) is 5.52. The number of halogens is 1. The lowest BCUT2D eigenvalue weighted by Gasteiger charge is -2.56. The highest BCUT2D eigenvalue weighted by Crippen LogP contribution is 2.57. The molecular weight excluding hydrogens is 341 g/mol. The van der Waals surface area contributed by atoms with Gasteiger partial charge in [-0.1, -0.05) is 0 Å². The maximum Gasteiger partial charge on any atom is 0.240 e. The Hall–Kier alpha value is -0.980. The molecule has 0 radical (unpaired) electrons. The Morgan fingerprint density at radius 3 is 2.32 bits per heavy atom. The minimum absolute atomic E-state index is 0.00729. The van der Waals surface area contributed by atoms with E-state index in [1.807, 2.05) is 0 Å². The van der Waals surface area contributed by atoms with Crippen LogP contribution in [0.2, 0.25) is 0 Å². The van der Waals surface area contributed by atoms with Gasteiger partial charge in [0.2, 0.25) is 10.0 Å². The number of aryl methyl sites for hydroxylation is 1. The Labute approximate surface area is 149 Å². The van der Waals surface area contributed by atoms with E-state index in [1.165, 1.54) is 37.5 Å². The van der Waals surface area contributed by atoms with Crippen LogP contribution in [0, 0.1) is 30.5 Å². The molecule has 4 aliphatic rings. The number of sulfonamides is 1. The molecule has 0 atom stereocenters. The zero-order valence-corrected chi connectivity index (χ0v) is 15.4. The molecule has 4 nitrogen and oxygen atoms in total. The summed E-state index contributed by atoms with van der Waals surface area (Å²) in [4.78, 5) is 0.0983. The Kier molecular flexibility index (Phi) is 4.41. The lowest BCUT2D eigenvalue weighted by atomic mass is 9.54. The third-order valence-electron chi connectivity index (χ3n) is 6.22. The summed E-state index contributed by atoms with van der Waals surface area (Å²) in [6, 6.07) is 3.85. The molecule has 0 saturated heterocycles. The normalized spacial score (nSPS) is 33.8. The van der Waals surface area contributed by atoms with E-state index in [4.69, 9.17) is 4.74 Å². The Morgan fingerprint density at radius 2 is 1.76 bits per heavy atom. The summed E-state index contributed by atoms with van der Waals surface area (Å²) in [6.45, 7) is 2.20. The largest absolute Gasteiger partial charge is 0.374 e. The summed E-state index contributed by atoms with van der Waals surface area (Å²) in [6.07, 6.45) is 7.51. The van der Waals surface area contributed by atoms with Gasteiger partial charge in [-0.05, 0) is 87.0 Å². The average molecular weight is 367 g/mol. The highest BCUT2D eigenvalue weighted by atomic mass is 32.2. The van der Waals surface area contributed by atoms with E-state index < -0.39 is 15.8 Å². The quantitative estimate of drug-likeness (QED) is 0.784. The number of nitrogens with one attached hydrogen (secondary N) is 1. The highest BCUT2D eigenvalue weighted by Gasteiger charge is 2.51. The van der Waals surface area contributed by atoms with Gasteiger partial charge in [0.05, 0.1) is 17.1 Å². The second-order valence-corrected chi connectivity index (χ2v) is 10.0. The van der Waals surface area contributed by atoms with E-state index in [1.54, 1.807) is 6.92 Å². The first kappa shape index (κ1) is 17.4. The Balaban J connectivity index is 1.32. The van der Waals surface area contributed by atoms with Crippen molar-refractivity contribution in [2.45, 2.75) is 55.9 Å². The topological polar surface area (TPSA) is 55.4 Å². The van der Waals surface area contributed by atoms with Crippen LogP contribution in [0.15, 0.2) is 23.1 Å². The molecule has 4 saturated carbocycles.